The number of halogens is 3. The summed E-state index contributed by atoms with van der Waals surface area (Å²) in [7, 11) is 0. The van der Waals surface area contributed by atoms with Crippen molar-refractivity contribution in [1.29, 1.82) is 0 Å². The fourth-order valence-corrected chi connectivity index (χ4v) is 1.15. The third kappa shape index (κ3) is 3.63. The molecule has 2 N–H and O–H groups in total. The van der Waals surface area contributed by atoms with E-state index in [0.717, 1.165) is 12.1 Å². The maximum absolute atomic E-state index is 12.4. The summed E-state index contributed by atoms with van der Waals surface area (Å²) < 4.78 is 42.0. The van der Waals surface area contributed by atoms with Gasteiger partial charge in [0.05, 0.1) is 6.61 Å². The van der Waals surface area contributed by atoms with Crippen molar-refractivity contribution >= 4 is 5.71 Å². The van der Waals surface area contributed by atoms with Gasteiger partial charge in [-0.15, -0.1) is 0 Å². The molecule has 0 spiro atoms. The van der Waals surface area contributed by atoms with Crippen molar-refractivity contribution in [3.63, 3.8) is 0 Å². The van der Waals surface area contributed by atoms with Gasteiger partial charge in [0, 0.05) is 5.56 Å². The summed E-state index contributed by atoms with van der Waals surface area (Å²) in [5.41, 5.74) is -1.64. The third-order valence-electron chi connectivity index (χ3n) is 1.86. The van der Waals surface area contributed by atoms with Gasteiger partial charge in [-0.25, -0.2) is 0 Å². The fraction of sp³-hybridized carbons (Fsp3) is 0.300. The van der Waals surface area contributed by atoms with Gasteiger partial charge in [-0.2, -0.15) is 13.2 Å². The number of nitrogens with zero attached hydrogens (tertiary/aromatic N) is 1. The standard InChI is InChI=1S/C10H10F3NO3/c11-10(12,13)9(14-16)7-1-3-8(4-2-7)17-6-5-15/h1-4,15-16H,5-6H2/b14-9+. The van der Waals surface area contributed by atoms with Crippen LogP contribution in [0.2, 0.25) is 0 Å². The van der Waals surface area contributed by atoms with E-state index in [9.17, 15) is 13.2 Å². The second-order valence-electron chi connectivity index (χ2n) is 3.04. The van der Waals surface area contributed by atoms with E-state index in [4.69, 9.17) is 15.1 Å². The van der Waals surface area contributed by atoms with E-state index in [2.05, 4.69) is 5.16 Å². The van der Waals surface area contributed by atoms with Crippen molar-refractivity contribution in [1.82, 2.24) is 0 Å². The van der Waals surface area contributed by atoms with Gasteiger partial charge >= 0.3 is 6.18 Å². The number of hydrogen-bond acceptors (Lipinski definition) is 4. The van der Waals surface area contributed by atoms with Crippen LogP contribution in [0.25, 0.3) is 0 Å². The second kappa shape index (κ2) is 5.53. The summed E-state index contributed by atoms with van der Waals surface area (Å²) >= 11 is 0. The van der Waals surface area contributed by atoms with Gasteiger partial charge in [-0.1, -0.05) is 5.16 Å². The third-order valence-corrected chi connectivity index (χ3v) is 1.86. The molecule has 7 heteroatoms. The summed E-state index contributed by atoms with van der Waals surface area (Å²) in [5.74, 6) is 0.322. The van der Waals surface area contributed by atoms with Crippen LogP contribution in [0.3, 0.4) is 0 Å². The molecule has 0 fully saturated rings. The predicted molar refractivity (Wildman–Crippen MR) is 53.4 cm³/mol. The lowest BCUT2D eigenvalue weighted by Crippen LogP contribution is -2.23. The Morgan fingerprint density at radius 3 is 2.24 bits per heavy atom. The molecule has 1 rings (SSSR count). The number of aliphatic hydroxyl groups is 1. The minimum absolute atomic E-state index is 0.0551. The second-order valence-corrected chi connectivity index (χ2v) is 3.04. The fourth-order valence-electron chi connectivity index (χ4n) is 1.15. The van der Waals surface area contributed by atoms with Crippen molar-refractivity contribution in [2.75, 3.05) is 13.2 Å². The molecule has 17 heavy (non-hydrogen) atoms. The highest BCUT2D eigenvalue weighted by molar-refractivity contribution is 6.04. The Morgan fingerprint density at radius 2 is 1.82 bits per heavy atom. The topological polar surface area (TPSA) is 62.0 Å². The van der Waals surface area contributed by atoms with E-state index >= 15 is 0 Å². The SMILES string of the molecule is OCCOc1ccc(/C(=N\O)C(F)(F)F)cc1. The van der Waals surface area contributed by atoms with Crippen LogP contribution in [0.5, 0.6) is 5.75 Å². The van der Waals surface area contributed by atoms with E-state index in [0.29, 0.717) is 5.75 Å². The number of alkyl halides is 3. The Kier molecular flexibility index (Phi) is 4.33. The quantitative estimate of drug-likeness (QED) is 0.486. The Morgan fingerprint density at radius 1 is 1.24 bits per heavy atom. The number of aliphatic hydroxyl groups excluding tert-OH is 1. The highest BCUT2D eigenvalue weighted by Crippen LogP contribution is 2.23. The van der Waals surface area contributed by atoms with Crippen molar-refractivity contribution in [2.45, 2.75) is 6.18 Å². The molecule has 0 aliphatic rings. The summed E-state index contributed by atoms with van der Waals surface area (Å²) in [5, 5.41) is 19.1. The van der Waals surface area contributed by atoms with Gasteiger partial charge in [-0.3, -0.25) is 0 Å². The molecule has 1 aromatic carbocycles. The van der Waals surface area contributed by atoms with Crippen molar-refractivity contribution in [3.8, 4) is 5.75 Å². The molecule has 0 saturated carbocycles. The van der Waals surface area contributed by atoms with Gasteiger partial charge in [0.1, 0.15) is 12.4 Å². The number of hydrogen-bond donors (Lipinski definition) is 2. The monoisotopic (exact) mass is 249 g/mol. The molecule has 0 radical (unpaired) electrons. The molecule has 0 atom stereocenters. The molecule has 0 aliphatic heterocycles. The van der Waals surface area contributed by atoms with Gasteiger partial charge in [0.25, 0.3) is 0 Å². The minimum Gasteiger partial charge on any atom is -0.491 e. The maximum Gasteiger partial charge on any atom is 0.437 e. The van der Waals surface area contributed by atoms with Crippen LogP contribution < -0.4 is 4.74 Å². The first kappa shape index (κ1) is 13.3. The lowest BCUT2D eigenvalue weighted by Gasteiger charge is -2.09. The number of benzene rings is 1. The molecular weight excluding hydrogens is 239 g/mol. The van der Waals surface area contributed by atoms with E-state index in [1.807, 2.05) is 0 Å². The highest BCUT2D eigenvalue weighted by atomic mass is 19.4. The molecule has 0 amide bonds. The lowest BCUT2D eigenvalue weighted by molar-refractivity contribution is -0.0601. The molecule has 0 aromatic heterocycles. The first-order valence-corrected chi connectivity index (χ1v) is 4.62. The number of oxime groups is 1. The number of ether oxygens (including phenoxy) is 1. The first-order chi connectivity index (χ1) is 7.99. The van der Waals surface area contributed by atoms with Crippen LogP contribution in [-0.2, 0) is 0 Å². The van der Waals surface area contributed by atoms with Crippen molar-refractivity contribution in [2.24, 2.45) is 5.16 Å². The molecule has 0 bridgehead atoms. The minimum atomic E-state index is -4.72. The van der Waals surface area contributed by atoms with Crippen LogP contribution in [0.15, 0.2) is 29.4 Å². The van der Waals surface area contributed by atoms with E-state index in [1.54, 1.807) is 0 Å². The summed E-state index contributed by atoms with van der Waals surface area (Å²) in [6.07, 6.45) is -4.72. The zero-order valence-electron chi connectivity index (χ0n) is 8.61. The van der Waals surface area contributed by atoms with E-state index in [-0.39, 0.29) is 18.8 Å². The Balaban J connectivity index is 2.87. The van der Waals surface area contributed by atoms with Crippen LogP contribution in [0, 0.1) is 0 Å². The van der Waals surface area contributed by atoms with Crippen LogP contribution in [0.4, 0.5) is 13.2 Å². The zero-order valence-corrected chi connectivity index (χ0v) is 8.61. The predicted octanol–water partition coefficient (Wildman–Crippen LogP) is 1.80. The normalized spacial score (nSPS) is 12.6. The van der Waals surface area contributed by atoms with Crippen LogP contribution in [-0.4, -0.2) is 35.4 Å². The van der Waals surface area contributed by atoms with Gasteiger partial charge in [-0.05, 0) is 24.3 Å². The highest BCUT2D eigenvalue weighted by Gasteiger charge is 2.37. The Hall–Kier alpha value is -1.76. The molecule has 0 unspecified atom stereocenters. The lowest BCUT2D eigenvalue weighted by atomic mass is 10.1. The van der Waals surface area contributed by atoms with Gasteiger partial charge in [0.2, 0.25) is 0 Å². The molecule has 4 nitrogen and oxygen atoms in total. The summed E-state index contributed by atoms with van der Waals surface area (Å²) in [6.45, 7) is -0.132. The molecule has 94 valence electrons. The number of rotatable bonds is 4. The van der Waals surface area contributed by atoms with Gasteiger partial charge in [0.15, 0.2) is 5.71 Å². The first-order valence-electron chi connectivity index (χ1n) is 4.62. The maximum atomic E-state index is 12.4. The average molecular weight is 249 g/mol. The van der Waals surface area contributed by atoms with Crippen LogP contribution >= 0.6 is 0 Å². The van der Waals surface area contributed by atoms with Crippen LogP contribution in [0.1, 0.15) is 5.56 Å². The van der Waals surface area contributed by atoms with Crippen molar-refractivity contribution < 1.29 is 28.2 Å². The summed E-state index contributed by atoms with van der Waals surface area (Å²) in [6, 6.07) is 4.83. The molecule has 0 saturated heterocycles. The molecule has 0 aliphatic carbocycles. The largest absolute Gasteiger partial charge is 0.491 e. The summed E-state index contributed by atoms with van der Waals surface area (Å²) in [4.78, 5) is 0. The Labute approximate surface area is 94.9 Å². The zero-order chi connectivity index (χ0) is 12.9. The van der Waals surface area contributed by atoms with E-state index in [1.165, 1.54) is 12.1 Å². The smallest absolute Gasteiger partial charge is 0.437 e. The van der Waals surface area contributed by atoms with Crippen molar-refractivity contribution in [3.05, 3.63) is 29.8 Å². The van der Waals surface area contributed by atoms with E-state index < -0.39 is 11.9 Å². The molecular formula is C10H10F3NO3. The molecule has 0 heterocycles. The Bertz CT molecular complexity index is 387. The van der Waals surface area contributed by atoms with Gasteiger partial charge < -0.3 is 15.1 Å². The molecule has 1 aromatic rings. The average Bonchev–Trinajstić information content (AvgIpc) is 2.27.